The Hall–Kier alpha value is -1.78. The lowest BCUT2D eigenvalue weighted by molar-refractivity contribution is 0.880. The number of nitrogens with one attached hydrogen (secondary N) is 1. The van der Waals surface area contributed by atoms with Gasteiger partial charge in [0.1, 0.15) is 0 Å². The molecule has 2 aromatic carbocycles. The van der Waals surface area contributed by atoms with E-state index in [1.165, 1.54) is 0 Å². The molecule has 0 spiro atoms. The highest BCUT2D eigenvalue weighted by molar-refractivity contribution is 9.10. The fraction of sp³-hybridized carbons (Fsp3) is 0.0625. The second-order valence-electron chi connectivity index (χ2n) is 4.60. The normalized spacial score (nSPS) is 10.6. The van der Waals surface area contributed by atoms with Crippen LogP contribution >= 0.6 is 27.5 Å². The summed E-state index contributed by atoms with van der Waals surface area (Å²) in [6, 6.07) is 16.0. The molecule has 3 aromatic rings. The zero-order chi connectivity index (χ0) is 14.7. The van der Waals surface area contributed by atoms with Crippen molar-refractivity contribution in [3.8, 4) is 5.69 Å². The first-order valence-corrected chi connectivity index (χ1v) is 7.67. The van der Waals surface area contributed by atoms with Crippen LogP contribution in [0.3, 0.4) is 0 Å². The lowest BCUT2D eigenvalue weighted by atomic mass is 10.2. The van der Waals surface area contributed by atoms with Gasteiger partial charge in [0.2, 0.25) is 0 Å². The third-order valence-corrected chi connectivity index (χ3v) is 4.33. The molecule has 106 valence electrons. The zero-order valence-corrected chi connectivity index (χ0v) is 13.5. The van der Waals surface area contributed by atoms with Crippen molar-refractivity contribution in [1.82, 2.24) is 9.78 Å². The highest BCUT2D eigenvalue weighted by Crippen LogP contribution is 2.23. The molecular weight excluding hydrogens is 350 g/mol. The van der Waals surface area contributed by atoms with E-state index >= 15 is 0 Å². The summed E-state index contributed by atoms with van der Waals surface area (Å²) in [6.45, 7) is 0.718. The van der Waals surface area contributed by atoms with E-state index in [1.807, 2.05) is 53.3 Å². The highest BCUT2D eigenvalue weighted by atomic mass is 79.9. The molecule has 1 heterocycles. The van der Waals surface area contributed by atoms with Crippen molar-refractivity contribution < 1.29 is 0 Å². The SMILES string of the molecule is Clc1cc(CNc2cccc(-n3cccn3)c2)ccc1Br. The Morgan fingerprint density at radius 1 is 1.14 bits per heavy atom. The summed E-state index contributed by atoms with van der Waals surface area (Å²) in [5.74, 6) is 0. The van der Waals surface area contributed by atoms with Gasteiger partial charge in [-0.2, -0.15) is 5.10 Å². The van der Waals surface area contributed by atoms with Gasteiger partial charge in [-0.05, 0) is 57.9 Å². The molecule has 0 fully saturated rings. The minimum Gasteiger partial charge on any atom is -0.381 e. The van der Waals surface area contributed by atoms with Crippen LogP contribution in [0.2, 0.25) is 5.02 Å². The molecule has 1 N–H and O–H groups in total. The van der Waals surface area contributed by atoms with Crippen molar-refractivity contribution >= 4 is 33.2 Å². The third kappa shape index (κ3) is 3.46. The van der Waals surface area contributed by atoms with Gasteiger partial charge in [-0.1, -0.05) is 23.7 Å². The molecule has 21 heavy (non-hydrogen) atoms. The van der Waals surface area contributed by atoms with Gasteiger partial charge >= 0.3 is 0 Å². The van der Waals surface area contributed by atoms with Crippen molar-refractivity contribution in [2.75, 3.05) is 5.32 Å². The maximum absolute atomic E-state index is 6.10. The highest BCUT2D eigenvalue weighted by Gasteiger charge is 2.01. The first-order chi connectivity index (χ1) is 10.2. The summed E-state index contributed by atoms with van der Waals surface area (Å²) in [7, 11) is 0. The van der Waals surface area contributed by atoms with E-state index < -0.39 is 0 Å². The van der Waals surface area contributed by atoms with Crippen molar-refractivity contribution in [2.24, 2.45) is 0 Å². The molecule has 0 unspecified atom stereocenters. The van der Waals surface area contributed by atoms with Gasteiger partial charge in [0.15, 0.2) is 0 Å². The number of nitrogens with zero attached hydrogens (tertiary/aromatic N) is 2. The van der Waals surface area contributed by atoms with Crippen molar-refractivity contribution in [3.63, 3.8) is 0 Å². The first-order valence-electron chi connectivity index (χ1n) is 6.50. The summed E-state index contributed by atoms with van der Waals surface area (Å²) < 4.78 is 2.75. The Labute approximate surface area is 136 Å². The average molecular weight is 363 g/mol. The minimum absolute atomic E-state index is 0.718. The topological polar surface area (TPSA) is 29.9 Å². The van der Waals surface area contributed by atoms with E-state index in [4.69, 9.17) is 11.6 Å². The van der Waals surface area contributed by atoms with E-state index in [2.05, 4.69) is 32.4 Å². The number of aromatic nitrogens is 2. The average Bonchev–Trinajstić information content (AvgIpc) is 3.03. The van der Waals surface area contributed by atoms with E-state index in [0.717, 1.165) is 33.0 Å². The van der Waals surface area contributed by atoms with Crippen LogP contribution in [-0.2, 0) is 6.54 Å². The zero-order valence-electron chi connectivity index (χ0n) is 11.1. The fourth-order valence-corrected chi connectivity index (χ4v) is 2.48. The van der Waals surface area contributed by atoms with Crippen LogP contribution in [0.4, 0.5) is 5.69 Å². The summed E-state index contributed by atoms with van der Waals surface area (Å²) >= 11 is 9.50. The molecule has 0 aliphatic carbocycles. The number of anilines is 1. The van der Waals surface area contributed by atoms with Gasteiger partial charge in [0, 0.05) is 29.1 Å². The van der Waals surface area contributed by atoms with Crippen LogP contribution in [0.1, 0.15) is 5.56 Å². The van der Waals surface area contributed by atoms with E-state index in [9.17, 15) is 0 Å². The molecule has 0 bridgehead atoms. The summed E-state index contributed by atoms with van der Waals surface area (Å²) in [6.07, 6.45) is 3.69. The monoisotopic (exact) mass is 361 g/mol. The molecule has 0 aliphatic heterocycles. The molecule has 0 saturated heterocycles. The van der Waals surface area contributed by atoms with E-state index in [1.54, 1.807) is 6.20 Å². The molecule has 3 nitrogen and oxygen atoms in total. The summed E-state index contributed by atoms with van der Waals surface area (Å²) in [4.78, 5) is 0. The second-order valence-corrected chi connectivity index (χ2v) is 5.86. The number of hydrogen-bond donors (Lipinski definition) is 1. The quantitative estimate of drug-likeness (QED) is 0.715. The smallest absolute Gasteiger partial charge is 0.0666 e. The van der Waals surface area contributed by atoms with Crippen molar-refractivity contribution in [2.45, 2.75) is 6.54 Å². The van der Waals surface area contributed by atoms with E-state index in [0.29, 0.717) is 0 Å². The van der Waals surface area contributed by atoms with Crippen LogP contribution in [-0.4, -0.2) is 9.78 Å². The Morgan fingerprint density at radius 3 is 2.81 bits per heavy atom. The lowest BCUT2D eigenvalue weighted by Gasteiger charge is -2.09. The van der Waals surface area contributed by atoms with Gasteiger partial charge in [0.05, 0.1) is 10.7 Å². The number of halogens is 2. The maximum atomic E-state index is 6.10. The molecule has 0 saturated carbocycles. The number of benzene rings is 2. The van der Waals surface area contributed by atoms with Gasteiger partial charge in [-0.15, -0.1) is 0 Å². The Bertz CT molecular complexity index is 741. The lowest BCUT2D eigenvalue weighted by Crippen LogP contribution is -2.01. The van der Waals surface area contributed by atoms with Crippen LogP contribution < -0.4 is 5.32 Å². The minimum atomic E-state index is 0.718. The van der Waals surface area contributed by atoms with Gasteiger partial charge in [-0.3, -0.25) is 0 Å². The summed E-state index contributed by atoms with van der Waals surface area (Å²) in [5, 5.41) is 8.35. The second kappa shape index (κ2) is 6.33. The van der Waals surface area contributed by atoms with Crippen LogP contribution in [0.15, 0.2) is 65.4 Å². The molecule has 0 atom stereocenters. The largest absolute Gasteiger partial charge is 0.381 e. The van der Waals surface area contributed by atoms with Crippen molar-refractivity contribution in [1.29, 1.82) is 0 Å². The molecule has 0 amide bonds. The van der Waals surface area contributed by atoms with Gasteiger partial charge in [0.25, 0.3) is 0 Å². The molecule has 5 heteroatoms. The molecule has 0 radical (unpaired) electrons. The van der Waals surface area contributed by atoms with E-state index in [-0.39, 0.29) is 0 Å². The van der Waals surface area contributed by atoms with Gasteiger partial charge in [-0.25, -0.2) is 4.68 Å². The van der Waals surface area contributed by atoms with Crippen LogP contribution in [0.5, 0.6) is 0 Å². The molecule has 1 aromatic heterocycles. The third-order valence-electron chi connectivity index (χ3n) is 3.10. The molecular formula is C16H13BrClN3. The standard InChI is InChI=1S/C16H13BrClN3/c17-15-6-5-12(9-16(15)18)11-19-13-3-1-4-14(10-13)21-8-2-7-20-21/h1-10,19H,11H2. The van der Waals surface area contributed by atoms with Gasteiger partial charge < -0.3 is 5.32 Å². The van der Waals surface area contributed by atoms with Crippen molar-refractivity contribution in [3.05, 3.63) is 76.0 Å². The van der Waals surface area contributed by atoms with Crippen LogP contribution in [0.25, 0.3) is 5.69 Å². The number of rotatable bonds is 4. The fourth-order valence-electron chi connectivity index (χ4n) is 2.03. The maximum Gasteiger partial charge on any atom is 0.0666 e. The summed E-state index contributed by atoms with van der Waals surface area (Å²) in [5.41, 5.74) is 3.20. The Kier molecular flexibility index (Phi) is 4.27. The first kappa shape index (κ1) is 14.2. The van der Waals surface area contributed by atoms with Crippen LogP contribution in [0, 0.1) is 0 Å². The Morgan fingerprint density at radius 2 is 2.05 bits per heavy atom. The molecule has 0 aliphatic rings. The molecule has 3 rings (SSSR count). The predicted octanol–water partition coefficient (Wildman–Crippen LogP) is 4.90. The number of hydrogen-bond acceptors (Lipinski definition) is 2. The predicted molar refractivity (Wildman–Crippen MR) is 90.0 cm³/mol. The Balaban J connectivity index is 1.73.